The molecule has 0 aliphatic carbocycles. The Balaban J connectivity index is 1.88. The fraction of sp³-hybridized carbons (Fsp3) is 1.00. The molecule has 3 fully saturated rings. The Morgan fingerprint density at radius 3 is 2.36 bits per heavy atom. The van der Waals surface area contributed by atoms with Gasteiger partial charge < -0.3 is 18.5 Å². The van der Waals surface area contributed by atoms with Gasteiger partial charge in [-0.25, -0.2) is 0 Å². The Bertz CT molecular complexity index is 462. The normalized spacial score (nSPS) is 40.9. The van der Waals surface area contributed by atoms with Crippen LogP contribution in [0.4, 0.5) is 0 Å². The van der Waals surface area contributed by atoms with E-state index >= 15 is 0 Å². The molecule has 3 aliphatic heterocycles. The highest BCUT2D eigenvalue weighted by atomic mass is 31.2. The van der Waals surface area contributed by atoms with Crippen LogP contribution < -0.4 is 0 Å². The van der Waals surface area contributed by atoms with Crippen LogP contribution >= 0.6 is 7.60 Å². The molecule has 8 heteroatoms. The first kappa shape index (κ1) is 16.8. The predicted molar refractivity (Wildman–Crippen MR) is 79.5 cm³/mol. The molecule has 22 heavy (non-hydrogen) atoms. The molecule has 0 aromatic carbocycles. The fourth-order valence-electron chi connectivity index (χ4n) is 3.74. The summed E-state index contributed by atoms with van der Waals surface area (Å²) in [6, 6.07) is -0.135. The van der Waals surface area contributed by atoms with Crippen molar-refractivity contribution in [3.05, 3.63) is 0 Å². The van der Waals surface area contributed by atoms with Crippen LogP contribution in [0.2, 0.25) is 0 Å². The summed E-state index contributed by atoms with van der Waals surface area (Å²) >= 11 is 0. The van der Waals surface area contributed by atoms with Crippen molar-refractivity contribution in [3.63, 3.8) is 0 Å². The first-order chi connectivity index (χ1) is 10.3. The van der Waals surface area contributed by atoms with E-state index in [0.717, 1.165) is 0 Å². The minimum Gasteiger partial charge on any atom is -0.343 e. The Morgan fingerprint density at radius 2 is 1.77 bits per heavy atom. The van der Waals surface area contributed by atoms with Gasteiger partial charge in [-0.1, -0.05) is 0 Å². The third kappa shape index (κ3) is 2.57. The Labute approximate surface area is 131 Å². The van der Waals surface area contributed by atoms with E-state index in [9.17, 15) is 4.57 Å². The average Bonchev–Trinajstić information content (AvgIpc) is 3.04. The van der Waals surface area contributed by atoms with E-state index in [4.69, 9.17) is 23.4 Å². The van der Waals surface area contributed by atoms with Gasteiger partial charge in [0.15, 0.2) is 5.79 Å². The summed E-state index contributed by atoms with van der Waals surface area (Å²) in [5.74, 6) is -0.635. The molecule has 0 radical (unpaired) electrons. The second kappa shape index (κ2) is 5.81. The SMILES string of the molecule is CCOP(=O)(OCC)[C@H]1CON2[C@@H]1[C@@H]1OC(C)(C)O[C@@H]1[C@@H]2C. The molecule has 0 N–H and O–H groups in total. The van der Waals surface area contributed by atoms with Crippen molar-refractivity contribution >= 4 is 7.60 Å². The molecular formula is C14H26NO6P. The molecule has 0 saturated carbocycles. The second-order valence-electron chi connectivity index (χ2n) is 6.39. The number of nitrogens with zero attached hydrogens (tertiary/aromatic N) is 1. The van der Waals surface area contributed by atoms with Gasteiger partial charge in [-0.05, 0) is 34.6 Å². The van der Waals surface area contributed by atoms with Crippen molar-refractivity contribution in [1.82, 2.24) is 5.06 Å². The molecule has 0 spiro atoms. The van der Waals surface area contributed by atoms with Crippen molar-refractivity contribution in [2.45, 2.75) is 70.4 Å². The third-order valence-corrected chi connectivity index (χ3v) is 6.99. The molecule has 3 saturated heterocycles. The fourth-order valence-corrected chi connectivity index (χ4v) is 5.84. The van der Waals surface area contributed by atoms with E-state index in [2.05, 4.69) is 0 Å². The number of hydroxylamine groups is 2. The third-order valence-electron chi connectivity index (χ3n) is 4.48. The van der Waals surface area contributed by atoms with Gasteiger partial charge in [-0.3, -0.25) is 9.40 Å². The molecule has 0 aromatic rings. The molecule has 7 nitrogen and oxygen atoms in total. The van der Waals surface area contributed by atoms with Crippen LogP contribution in [0.15, 0.2) is 0 Å². The van der Waals surface area contributed by atoms with Crippen LogP contribution in [0.5, 0.6) is 0 Å². The molecule has 3 aliphatic rings. The molecule has 0 amide bonds. The van der Waals surface area contributed by atoms with E-state index in [1.54, 1.807) is 0 Å². The first-order valence-electron chi connectivity index (χ1n) is 7.98. The van der Waals surface area contributed by atoms with Gasteiger partial charge in [-0.15, -0.1) is 0 Å². The molecule has 3 heterocycles. The molecule has 3 rings (SSSR count). The van der Waals surface area contributed by atoms with Gasteiger partial charge in [-0.2, -0.15) is 5.06 Å². The maximum absolute atomic E-state index is 13.2. The van der Waals surface area contributed by atoms with Crippen molar-refractivity contribution in [3.8, 4) is 0 Å². The number of hydrogen-bond acceptors (Lipinski definition) is 7. The Hall–Kier alpha value is -0.0100. The molecule has 128 valence electrons. The maximum Gasteiger partial charge on any atom is 0.337 e. The van der Waals surface area contributed by atoms with Gasteiger partial charge in [0, 0.05) is 0 Å². The van der Waals surface area contributed by atoms with E-state index in [-0.39, 0.29) is 30.0 Å². The van der Waals surface area contributed by atoms with Crippen molar-refractivity contribution in [2.24, 2.45) is 0 Å². The molecule has 0 unspecified atom stereocenters. The first-order valence-corrected chi connectivity index (χ1v) is 9.60. The lowest BCUT2D eigenvalue weighted by molar-refractivity contribution is -0.209. The van der Waals surface area contributed by atoms with Crippen LogP contribution in [0.1, 0.15) is 34.6 Å². The minimum absolute atomic E-state index is 0.0403. The highest BCUT2D eigenvalue weighted by Crippen LogP contribution is 2.60. The summed E-state index contributed by atoms with van der Waals surface area (Å²) in [4.78, 5) is 5.79. The van der Waals surface area contributed by atoms with E-state index in [1.807, 2.05) is 39.7 Å². The number of ether oxygens (including phenoxy) is 2. The van der Waals surface area contributed by atoms with Gasteiger partial charge in [0.2, 0.25) is 0 Å². The number of fused-ring (bicyclic) bond motifs is 3. The maximum atomic E-state index is 13.2. The molecular weight excluding hydrogens is 309 g/mol. The molecule has 0 aromatic heterocycles. The standard InChI is InChI=1S/C14H26NO6P/c1-6-18-22(16,19-7-2)10-8-17-15-9(3)12-13(11(10)15)21-14(4,5)20-12/h9-13H,6-8H2,1-5H3/t9-,10-,11-,12+,13-/m0/s1. The second-order valence-corrected chi connectivity index (χ2v) is 8.65. The monoisotopic (exact) mass is 335 g/mol. The summed E-state index contributed by atoms with van der Waals surface area (Å²) in [6.07, 6.45) is -0.286. The Kier molecular flexibility index (Phi) is 4.45. The zero-order chi connectivity index (χ0) is 16.1. The highest BCUT2D eigenvalue weighted by Gasteiger charge is 2.65. The topological polar surface area (TPSA) is 66.5 Å². The summed E-state index contributed by atoms with van der Waals surface area (Å²) in [6.45, 7) is 10.5. The van der Waals surface area contributed by atoms with Crippen molar-refractivity contribution in [1.29, 1.82) is 0 Å². The van der Waals surface area contributed by atoms with E-state index < -0.39 is 13.4 Å². The lowest BCUT2D eigenvalue weighted by Crippen LogP contribution is -2.41. The lowest BCUT2D eigenvalue weighted by Gasteiger charge is -2.30. The Morgan fingerprint density at radius 1 is 1.18 bits per heavy atom. The zero-order valence-electron chi connectivity index (χ0n) is 13.9. The van der Waals surface area contributed by atoms with Crippen LogP contribution in [0.3, 0.4) is 0 Å². The summed E-state index contributed by atoms with van der Waals surface area (Å²) in [5, 5.41) is 1.86. The zero-order valence-corrected chi connectivity index (χ0v) is 14.7. The predicted octanol–water partition coefficient (Wildman–Crippen LogP) is 2.16. The van der Waals surface area contributed by atoms with Crippen LogP contribution in [-0.2, 0) is 27.9 Å². The van der Waals surface area contributed by atoms with Crippen LogP contribution in [0.25, 0.3) is 0 Å². The van der Waals surface area contributed by atoms with Crippen molar-refractivity contribution < 1.29 is 27.9 Å². The van der Waals surface area contributed by atoms with E-state index in [1.165, 1.54) is 0 Å². The van der Waals surface area contributed by atoms with Gasteiger partial charge in [0.05, 0.1) is 31.9 Å². The number of rotatable bonds is 5. The smallest absolute Gasteiger partial charge is 0.337 e. The van der Waals surface area contributed by atoms with E-state index in [0.29, 0.717) is 19.8 Å². The summed E-state index contributed by atoms with van der Waals surface area (Å²) in [7, 11) is -3.26. The van der Waals surface area contributed by atoms with Crippen molar-refractivity contribution in [2.75, 3.05) is 19.8 Å². The average molecular weight is 335 g/mol. The highest BCUT2D eigenvalue weighted by molar-refractivity contribution is 7.54. The molecule has 5 atom stereocenters. The summed E-state index contributed by atoms with van der Waals surface area (Å²) in [5.41, 5.74) is -0.359. The number of hydrogen-bond donors (Lipinski definition) is 0. The van der Waals surface area contributed by atoms with Gasteiger partial charge in [0.1, 0.15) is 17.9 Å². The van der Waals surface area contributed by atoms with Gasteiger partial charge in [0.25, 0.3) is 0 Å². The van der Waals surface area contributed by atoms with Crippen LogP contribution in [0, 0.1) is 0 Å². The van der Waals surface area contributed by atoms with Crippen LogP contribution in [-0.4, -0.2) is 60.6 Å². The minimum atomic E-state index is -3.26. The quantitative estimate of drug-likeness (QED) is 0.713. The molecule has 0 bridgehead atoms. The summed E-state index contributed by atoms with van der Waals surface area (Å²) < 4.78 is 36.3. The van der Waals surface area contributed by atoms with Gasteiger partial charge >= 0.3 is 7.60 Å². The largest absolute Gasteiger partial charge is 0.343 e. The lowest BCUT2D eigenvalue weighted by atomic mass is 10.1.